The van der Waals surface area contributed by atoms with E-state index in [0.29, 0.717) is 11.3 Å². The number of benzene rings is 2. The van der Waals surface area contributed by atoms with Crippen LogP contribution in [-0.2, 0) is 4.79 Å². The second kappa shape index (κ2) is 10.9. The third-order valence-corrected chi connectivity index (χ3v) is 3.97. The summed E-state index contributed by atoms with van der Waals surface area (Å²) in [5.74, 6) is -0.329. The van der Waals surface area contributed by atoms with Crippen molar-refractivity contribution in [3.63, 3.8) is 0 Å². The van der Waals surface area contributed by atoms with Crippen LogP contribution in [0.4, 0.5) is 0 Å². The van der Waals surface area contributed by atoms with Crippen LogP contribution in [0.25, 0.3) is 6.08 Å². The fourth-order valence-corrected chi connectivity index (χ4v) is 2.53. The number of amides is 2. The fraction of sp³-hybridized carbons (Fsp3) is 0.238. The van der Waals surface area contributed by atoms with E-state index in [4.69, 9.17) is 4.74 Å². The Balaban J connectivity index is 2.30. The minimum Gasteiger partial charge on any atom is -0.497 e. The monoisotopic (exact) mass is 384 g/mol. The summed E-state index contributed by atoms with van der Waals surface area (Å²) in [6.45, 7) is -0.415. The Kier molecular flexibility index (Phi) is 8.20. The van der Waals surface area contributed by atoms with Gasteiger partial charge in [-0.3, -0.25) is 9.59 Å². The summed E-state index contributed by atoms with van der Waals surface area (Å²) < 4.78 is 5.08. The minimum absolute atomic E-state index is 0.0456. The van der Waals surface area contributed by atoms with Crippen molar-refractivity contribution in [2.75, 3.05) is 33.4 Å². The first-order chi connectivity index (χ1) is 13.6. The summed E-state index contributed by atoms with van der Waals surface area (Å²) in [5, 5.41) is 21.0. The van der Waals surface area contributed by atoms with E-state index in [-0.39, 0.29) is 32.0 Å². The molecule has 2 aromatic carbocycles. The number of aliphatic hydroxyl groups excluding tert-OH is 2. The lowest BCUT2D eigenvalue weighted by atomic mass is 10.1. The molecule has 3 N–H and O–H groups in total. The molecule has 0 saturated heterocycles. The molecule has 0 bridgehead atoms. The molecule has 0 saturated carbocycles. The van der Waals surface area contributed by atoms with E-state index in [1.165, 1.54) is 12.0 Å². The van der Waals surface area contributed by atoms with Gasteiger partial charge in [0.15, 0.2) is 0 Å². The van der Waals surface area contributed by atoms with Gasteiger partial charge in [0.05, 0.1) is 20.3 Å². The molecular weight excluding hydrogens is 360 g/mol. The quantitative estimate of drug-likeness (QED) is 0.566. The molecule has 7 heteroatoms. The van der Waals surface area contributed by atoms with E-state index < -0.39 is 11.8 Å². The first kappa shape index (κ1) is 21.1. The van der Waals surface area contributed by atoms with Crippen LogP contribution in [-0.4, -0.2) is 60.3 Å². The number of rotatable bonds is 9. The SMILES string of the molecule is COc1ccc(C(=O)NC(=Cc2ccccc2)C(=O)N(CCO)CCO)cc1. The van der Waals surface area contributed by atoms with Crippen LogP contribution in [0.3, 0.4) is 0 Å². The normalized spacial score (nSPS) is 11.0. The van der Waals surface area contributed by atoms with E-state index in [0.717, 1.165) is 5.56 Å². The molecule has 0 aliphatic heterocycles. The molecule has 0 atom stereocenters. The van der Waals surface area contributed by atoms with E-state index in [1.54, 1.807) is 42.5 Å². The Morgan fingerprint density at radius 2 is 1.61 bits per heavy atom. The second-order valence-electron chi connectivity index (χ2n) is 5.89. The van der Waals surface area contributed by atoms with Gasteiger partial charge in [0.1, 0.15) is 11.4 Å². The van der Waals surface area contributed by atoms with Gasteiger partial charge in [0, 0.05) is 18.7 Å². The number of ether oxygens (including phenoxy) is 1. The molecule has 0 aliphatic carbocycles. The van der Waals surface area contributed by atoms with Crippen molar-refractivity contribution < 1.29 is 24.5 Å². The van der Waals surface area contributed by atoms with E-state index in [2.05, 4.69) is 5.32 Å². The van der Waals surface area contributed by atoms with Crippen LogP contribution in [0.5, 0.6) is 5.75 Å². The van der Waals surface area contributed by atoms with Crippen molar-refractivity contribution in [2.45, 2.75) is 0 Å². The van der Waals surface area contributed by atoms with Crippen molar-refractivity contribution in [3.8, 4) is 5.75 Å². The molecule has 0 unspecified atom stereocenters. The third kappa shape index (κ3) is 5.94. The summed E-state index contributed by atoms with van der Waals surface area (Å²) in [7, 11) is 1.53. The summed E-state index contributed by atoms with van der Waals surface area (Å²) in [6.07, 6.45) is 1.56. The van der Waals surface area contributed by atoms with Gasteiger partial charge in [-0.15, -0.1) is 0 Å². The lowest BCUT2D eigenvalue weighted by molar-refractivity contribution is -0.128. The molecule has 0 aromatic heterocycles. The molecular formula is C21H24N2O5. The maximum atomic E-state index is 12.9. The van der Waals surface area contributed by atoms with E-state index in [1.807, 2.05) is 18.2 Å². The van der Waals surface area contributed by atoms with Gasteiger partial charge < -0.3 is 25.2 Å². The maximum absolute atomic E-state index is 12.9. The zero-order chi connectivity index (χ0) is 20.4. The number of aliphatic hydroxyl groups is 2. The van der Waals surface area contributed by atoms with Crippen molar-refractivity contribution in [1.82, 2.24) is 10.2 Å². The Morgan fingerprint density at radius 3 is 2.14 bits per heavy atom. The predicted molar refractivity (Wildman–Crippen MR) is 106 cm³/mol. The van der Waals surface area contributed by atoms with Crippen LogP contribution in [0.15, 0.2) is 60.3 Å². The topological polar surface area (TPSA) is 99.1 Å². The molecule has 148 valence electrons. The van der Waals surface area contributed by atoms with E-state index in [9.17, 15) is 19.8 Å². The second-order valence-corrected chi connectivity index (χ2v) is 5.89. The van der Waals surface area contributed by atoms with Crippen LogP contribution >= 0.6 is 0 Å². The van der Waals surface area contributed by atoms with Gasteiger partial charge in [-0.1, -0.05) is 30.3 Å². The van der Waals surface area contributed by atoms with Gasteiger partial charge in [-0.2, -0.15) is 0 Å². The molecule has 0 heterocycles. The number of hydrogen-bond donors (Lipinski definition) is 3. The fourth-order valence-electron chi connectivity index (χ4n) is 2.53. The Hall–Kier alpha value is -3.16. The van der Waals surface area contributed by atoms with Crippen molar-refractivity contribution in [1.29, 1.82) is 0 Å². The molecule has 0 aliphatic rings. The lowest BCUT2D eigenvalue weighted by Gasteiger charge is -2.22. The number of hydrogen-bond acceptors (Lipinski definition) is 5. The molecule has 2 rings (SSSR count). The number of nitrogens with one attached hydrogen (secondary N) is 1. The van der Waals surface area contributed by atoms with E-state index >= 15 is 0 Å². The average molecular weight is 384 g/mol. The highest BCUT2D eigenvalue weighted by Gasteiger charge is 2.20. The maximum Gasteiger partial charge on any atom is 0.270 e. The largest absolute Gasteiger partial charge is 0.497 e. The molecule has 2 aromatic rings. The van der Waals surface area contributed by atoms with Crippen LogP contribution in [0, 0.1) is 0 Å². The van der Waals surface area contributed by atoms with Crippen molar-refractivity contribution in [3.05, 3.63) is 71.4 Å². The standard InChI is InChI=1S/C21H24N2O5/c1-28-18-9-7-17(8-10-18)20(26)22-19(15-16-5-3-2-4-6-16)21(27)23(11-13-24)12-14-25/h2-10,15,24-25H,11-14H2,1H3,(H,22,26). The van der Waals surface area contributed by atoms with Gasteiger partial charge in [-0.05, 0) is 35.9 Å². The highest BCUT2D eigenvalue weighted by molar-refractivity contribution is 6.05. The summed E-state index contributed by atoms with van der Waals surface area (Å²) in [5.41, 5.74) is 1.14. The first-order valence-corrected chi connectivity index (χ1v) is 8.82. The number of methoxy groups -OCH3 is 1. The van der Waals surface area contributed by atoms with Gasteiger partial charge in [-0.25, -0.2) is 0 Å². The zero-order valence-electron chi connectivity index (χ0n) is 15.7. The summed E-state index contributed by atoms with van der Waals surface area (Å²) >= 11 is 0. The highest BCUT2D eigenvalue weighted by Crippen LogP contribution is 2.13. The molecule has 2 amide bonds. The number of nitrogens with zero attached hydrogens (tertiary/aromatic N) is 1. The predicted octanol–water partition coefficient (Wildman–Crippen LogP) is 1.28. The van der Waals surface area contributed by atoms with Gasteiger partial charge in [0.2, 0.25) is 0 Å². The number of carbonyl (C=O) groups excluding carboxylic acids is 2. The van der Waals surface area contributed by atoms with Gasteiger partial charge in [0.25, 0.3) is 11.8 Å². The number of carbonyl (C=O) groups is 2. The Labute approximate surface area is 163 Å². The minimum atomic E-state index is -0.492. The molecule has 0 radical (unpaired) electrons. The molecule has 0 spiro atoms. The summed E-state index contributed by atoms with van der Waals surface area (Å²) in [4.78, 5) is 26.8. The molecule has 7 nitrogen and oxygen atoms in total. The Bertz CT molecular complexity index is 797. The summed E-state index contributed by atoms with van der Waals surface area (Å²) in [6, 6.07) is 15.6. The van der Waals surface area contributed by atoms with Crippen LogP contribution in [0.1, 0.15) is 15.9 Å². The van der Waals surface area contributed by atoms with Crippen LogP contribution < -0.4 is 10.1 Å². The van der Waals surface area contributed by atoms with Gasteiger partial charge >= 0.3 is 0 Å². The first-order valence-electron chi connectivity index (χ1n) is 8.82. The van der Waals surface area contributed by atoms with Crippen molar-refractivity contribution in [2.24, 2.45) is 0 Å². The third-order valence-electron chi connectivity index (χ3n) is 3.97. The Morgan fingerprint density at radius 1 is 1.00 bits per heavy atom. The van der Waals surface area contributed by atoms with Crippen LogP contribution in [0.2, 0.25) is 0 Å². The van der Waals surface area contributed by atoms with Crippen molar-refractivity contribution >= 4 is 17.9 Å². The zero-order valence-corrected chi connectivity index (χ0v) is 15.7. The average Bonchev–Trinajstić information content (AvgIpc) is 2.73. The highest BCUT2D eigenvalue weighted by atomic mass is 16.5. The molecule has 28 heavy (non-hydrogen) atoms. The molecule has 0 fully saturated rings. The smallest absolute Gasteiger partial charge is 0.270 e. The lowest BCUT2D eigenvalue weighted by Crippen LogP contribution is -2.41.